The zero-order chi connectivity index (χ0) is 11.5. The van der Waals surface area contributed by atoms with Crippen molar-refractivity contribution in [2.45, 2.75) is 6.92 Å². The fraction of sp³-hybridized carbons (Fsp3) is 0.182. The van der Waals surface area contributed by atoms with Crippen molar-refractivity contribution in [1.29, 1.82) is 5.26 Å². The van der Waals surface area contributed by atoms with Gasteiger partial charge >= 0.3 is 0 Å². The number of amides is 1. The Morgan fingerprint density at radius 3 is 2.75 bits per heavy atom. The topological polar surface area (TPSA) is 56.5 Å². The normalized spacial score (nSPS) is 17.9. The average molecular weight is 231 g/mol. The molecule has 16 heavy (non-hydrogen) atoms. The van der Waals surface area contributed by atoms with Crippen molar-refractivity contribution in [2.24, 2.45) is 4.99 Å². The highest BCUT2D eigenvalue weighted by molar-refractivity contribution is 8.15. The number of nitriles is 1. The molecule has 5 heteroatoms. The monoisotopic (exact) mass is 231 g/mol. The minimum absolute atomic E-state index is 0.0390. The largest absolute Gasteiger partial charge is 0.273 e. The molecule has 0 spiro atoms. The number of benzene rings is 1. The standard InChI is InChI=1S/C11H9N3OS/c1-8-2-4-9(5-3-8)14-10(15)6-16-11(14)13-7-12/h2-5H,6H2,1H3. The summed E-state index contributed by atoms with van der Waals surface area (Å²) in [6.07, 6.45) is 1.71. The molecule has 1 aliphatic heterocycles. The fourth-order valence-corrected chi connectivity index (χ4v) is 2.26. The van der Waals surface area contributed by atoms with E-state index in [1.807, 2.05) is 31.2 Å². The molecule has 0 atom stereocenters. The summed E-state index contributed by atoms with van der Waals surface area (Å²) in [6, 6.07) is 7.56. The van der Waals surface area contributed by atoms with E-state index in [1.54, 1.807) is 6.19 Å². The lowest BCUT2D eigenvalue weighted by Gasteiger charge is -2.14. The maximum absolute atomic E-state index is 11.7. The molecule has 0 aliphatic carbocycles. The van der Waals surface area contributed by atoms with E-state index in [9.17, 15) is 4.79 Å². The van der Waals surface area contributed by atoms with E-state index in [-0.39, 0.29) is 5.91 Å². The van der Waals surface area contributed by atoms with Gasteiger partial charge in [-0.3, -0.25) is 9.69 Å². The van der Waals surface area contributed by atoms with Crippen LogP contribution in [0.1, 0.15) is 5.56 Å². The van der Waals surface area contributed by atoms with Crippen molar-refractivity contribution in [2.75, 3.05) is 10.7 Å². The molecule has 0 unspecified atom stereocenters. The van der Waals surface area contributed by atoms with Gasteiger partial charge in [-0.2, -0.15) is 5.26 Å². The first-order valence-electron chi connectivity index (χ1n) is 4.71. The third kappa shape index (κ3) is 1.92. The molecular weight excluding hydrogens is 222 g/mol. The van der Waals surface area contributed by atoms with E-state index in [0.717, 1.165) is 11.3 Å². The van der Waals surface area contributed by atoms with E-state index in [2.05, 4.69) is 4.99 Å². The first-order valence-corrected chi connectivity index (χ1v) is 5.70. The highest BCUT2D eigenvalue weighted by atomic mass is 32.2. The van der Waals surface area contributed by atoms with Gasteiger partial charge < -0.3 is 0 Å². The van der Waals surface area contributed by atoms with Gasteiger partial charge in [0, 0.05) is 0 Å². The molecule has 1 fully saturated rings. The molecule has 0 radical (unpaired) electrons. The molecule has 2 rings (SSSR count). The number of hydrogen-bond donors (Lipinski definition) is 0. The zero-order valence-electron chi connectivity index (χ0n) is 8.67. The molecule has 1 amide bonds. The van der Waals surface area contributed by atoms with Gasteiger partial charge in [-0.05, 0) is 19.1 Å². The van der Waals surface area contributed by atoms with Gasteiger partial charge in [0.1, 0.15) is 0 Å². The number of anilines is 1. The van der Waals surface area contributed by atoms with Crippen LogP contribution in [0.5, 0.6) is 0 Å². The highest BCUT2D eigenvalue weighted by Gasteiger charge is 2.29. The second-order valence-corrected chi connectivity index (χ2v) is 4.29. The van der Waals surface area contributed by atoms with Crippen molar-refractivity contribution in [3.05, 3.63) is 29.8 Å². The number of carbonyl (C=O) groups excluding carboxylic acids is 1. The number of aliphatic imine (C=N–C) groups is 1. The zero-order valence-corrected chi connectivity index (χ0v) is 9.49. The third-order valence-electron chi connectivity index (χ3n) is 2.20. The van der Waals surface area contributed by atoms with Crippen LogP contribution in [0.2, 0.25) is 0 Å². The first kappa shape index (κ1) is 10.7. The molecule has 1 aliphatic rings. The van der Waals surface area contributed by atoms with E-state index in [1.165, 1.54) is 16.7 Å². The van der Waals surface area contributed by atoms with Crippen LogP contribution in [-0.2, 0) is 4.79 Å². The molecule has 0 saturated carbocycles. The summed E-state index contributed by atoms with van der Waals surface area (Å²) >= 11 is 1.29. The minimum atomic E-state index is -0.0390. The molecular formula is C11H9N3OS. The van der Waals surface area contributed by atoms with Crippen molar-refractivity contribution in [3.63, 3.8) is 0 Å². The highest BCUT2D eigenvalue weighted by Crippen LogP contribution is 2.26. The molecule has 0 N–H and O–H groups in total. The Morgan fingerprint density at radius 1 is 1.44 bits per heavy atom. The molecule has 0 bridgehead atoms. The molecule has 0 aromatic heterocycles. The second-order valence-electron chi connectivity index (χ2n) is 3.35. The van der Waals surface area contributed by atoms with E-state index in [0.29, 0.717) is 10.9 Å². The van der Waals surface area contributed by atoms with Gasteiger partial charge in [-0.15, -0.1) is 4.99 Å². The van der Waals surface area contributed by atoms with Crippen LogP contribution in [-0.4, -0.2) is 16.8 Å². The van der Waals surface area contributed by atoms with Gasteiger partial charge in [0.2, 0.25) is 12.1 Å². The van der Waals surface area contributed by atoms with Crippen LogP contribution < -0.4 is 4.90 Å². The SMILES string of the molecule is Cc1ccc(N2C(=O)CSC2=NC#N)cc1. The van der Waals surface area contributed by atoms with Crippen molar-refractivity contribution < 1.29 is 4.79 Å². The van der Waals surface area contributed by atoms with Gasteiger partial charge in [-0.1, -0.05) is 29.5 Å². The van der Waals surface area contributed by atoms with E-state index < -0.39 is 0 Å². The van der Waals surface area contributed by atoms with Gasteiger partial charge in [0.25, 0.3) is 0 Å². The van der Waals surface area contributed by atoms with Gasteiger partial charge in [0.15, 0.2) is 5.17 Å². The Morgan fingerprint density at radius 2 is 2.12 bits per heavy atom. The average Bonchev–Trinajstić information content (AvgIpc) is 2.62. The second kappa shape index (κ2) is 4.37. The maximum Gasteiger partial charge on any atom is 0.243 e. The lowest BCUT2D eigenvalue weighted by molar-refractivity contribution is -0.115. The predicted octanol–water partition coefficient (Wildman–Crippen LogP) is 1.91. The third-order valence-corrected chi connectivity index (χ3v) is 3.13. The Bertz CT molecular complexity index is 487. The quantitative estimate of drug-likeness (QED) is 0.694. The predicted molar refractivity (Wildman–Crippen MR) is 64.2 cm³/mol. The van der Waals surface area contributed by atoms with Crippen molar-refractivity contribution in [3.8, 4) is 6.19 Å². The summed E-state index contributed by atoms with van der Waals surface area (Å²) in [5.41, 5.74) is 1.89. The molecule has 1 aromatic carbocycles. The summed E-state index contributed by atoms with van der Waals surface area (Å²) in [6.45, 7) is 1.98. The summed E-state index contributed by atoms with van der Waals surface area (Å²) < 4.78 is 0. The Hall–Kier alpha value is -1.80. The van der Waals surface area contributed by atoms with Crippen LogP contribution >= 0.6 is 11.8 Å². The number of nitrogens with zero attached hydrogens (tertiary/aromatic N) is 3. The molecule has 1 aromatic rings. The summed E-state index contributed by atoms with van der Waals surface area (Å²) in [5.74, 6) is 0.303. The molecule has 4 nitrogen and oxygen atoms in total. The number of aryl methyl sites for hydroxylation is 1. The smallest absolute Gasteiger partial charge is 0.243 e. The molecule has 1 heterocycles. The Balaban J connectivity index is 2.38. The number of thioether (sulfide) groups is 1. The fourth-order valence-electron chi connectivity index (χ4n) is 1.44. The first-order chi connectivity index (χ1) is 7.72. The van der Waals surface area contributed by atoms with Crippen LogP contribution in [0.3, 0.4) is 0 Å². The summed E-state index contributed by atoms with van der Waals surface area (Å²) in [4.78, 5) is 16.8. The van der Waals surface area contributed by atoms with Crippen LogP contribution in [0.25, 0.3) is 0 Å². The van der Waals surface area contributed by atoms with Crippen molar-refractivity contribution >= 4 is 28.5 Å². The Kier molecular flexibility index (Phi) is 2.93. The lowest BCUT2D eigenvalue weighted by Crippen LogP contribution is -2.28. The Labute approximate surface area is 97.6 Å². The number of hydrogen-bond acceptors (Lipinski definition) is 4. The van der Waals surface area contributed by atoms with Gasteiger partial charge in [-0.25, -0.2) is 0 Å². The number of carbonyl (C=O) groups is 1. The molecule has 1 saturated heterocycles. The van der Waals surface area contributed by atoms with E-state index >= 15 is 0 Å². The molecule has 80 valence electrons. The minimum Gasteiger partial charge on any atom is -0.273 e. The lowest BCUT2D eigenvalue weighted by atomic mass is 10.2. The summed E-state index contributed by atoms with van der Waals surface area (Å²) in [7, 11) is 0. The van der Waals surface area contributed by atoms with Crippen LogP contribution in [0.4, 0.5) is 5.69 Å². The number of amidine groups is 1. The van der Waals surface area contributed by atoms with E-state index in [4.69, 9.17) is 5.26 Å². The number of rotatable bonds is 1. The summed E-state index contributed by atoms with van der Waals surface area (Å²) in [5, 5.41) is 8.99. The maximum atomic E-state index is 11.7. The van der Waals surface area contributed by atoms with Crippen molar-refractivity contribution in [1.82, 2.24) is 0 Å². The van der Waals surface area contributed by atoms with Crippen LogP contribution in [0.15, 0.2) is 29.3 Å². The van der Waals surface area contributed by atoms with Crippen LogP contribution in [0, 0.1) is 18.4 Å². The van der Waals surface area contributed by atoms with Gasteiger partial charge in [0.05, 0.1) is 11.4 Å².